The lowest BCUT2D eigenvalue weighted by molar-refractivity contribution is -0.168. The number of carbonyl (C=O) groups is 2. The van der Waals surface area contributed by atoms with Crippen LogP contribution >= 0.6 is 28.6 Å². The molecule has 3 aliphatic rings. The van der Waals surface area contributed by atoms with Crippen molar-refractivity contribution in [3.8, 4) is 17.6 Å². The van der Waals surface area contributed by atoms with Crippen molar-refractivity contribution in [2.45, 2.75) is 43.6 Å². The van der Waals surface area contributed by atoms with Gasteiger partial charge >= 0.3 is 0 Å². The lowest BCUT2D eigenvalue weighted by atomic mass is 9.79. The van der Waals surface area contributed by atoms with Gasteiger partial charge in [0.15, 0.2) is 16.4 Å². The Morgan fingerprint density at radius 2 is 1.82 bits per heavy atom. The van der Waals surface area contributed by atoms with Gasteiger partial charge in [-0.15, -0.1) is 12.6 Å². The van der Waals surface area contributed by atoms with E-state index in [9.17, 15) is 14.9 Å². The zero-order chi connectivity index (χ0) is 20.6. The quantitative estimate of drug-likeness (QED) is 0.644. The predicted octanol–water partition coefficient (Wildman–Crippen LogP) is 2.86. The van der Waals surface area contributed by atoms with E-state index >= 15 is 0 Å². The Bertz CT molecular complexity index is 961. The number of carbonyl (C=O) groups excluding carboxylic acids is 2. The zero-order valence-electron chi connectivity index (χ0n) is 15.9. The first kappa shape index (κ1) is 19.4. The lowest BCUT2D eigenvalue weighted by Crippen LogP contribution is -2.70. The van der Waals surface area contributed by atoms with Crippen molar-refractivity contribution in [2.24, 2.45) is 5.41 Å². The summed E-state index contributed by atoms with van der Waals surface area (Å²) in [6, 6.07) is 5.20. The minimum absolute atomic E-state index is 0.112. The Morgan fingerprint density at radius 1 is 1.21 bits per heavy atom. The molecule has 0 aliphatic carbocycles. The molecule has 0 aromatic heterocycles. The van der Waals surface area contributed by atoms with Crippen LogP contribution in [0.4, 0.5) is 0 Å². The average Bonchev–Trinajstić information content (AvgIpc) is 3.18. The number of hydrogen-bond acceptors (Lipinski definition) is 6. The molecule has 0 saturated carbocycles. The summed E-state index contributed by atoms with van der Waals surface area (Å²) in [6.45, 7) is 5.28. The molecule has 2 amide bonds. The highest BCUT2D eigenvalue weighted by molar-refractivity contribution is 9.10. The van der Waals surface area contributed by atoms with Crippen molar-refractivity contribution in [1.29, 1.82) is 5.26 Å². The smallest absolute Gasteiger partial charge is 0.259 e. The second kappa shape index (κ2) is 5.80. The van der Waals surface area contributed by atoms with E-state index in [0.717, 1.165) is 0 Å². The molecule has 0 spiro atoms. The van der Waals surface area contributed by atoms with Crippen molar-refractivity contribution in [3.63, 3.8) is 0 Å². The Balaban J connectivity index is 1.95. The number of piperazine rings is 1. The van der Waals surface area contributed by atoms with Gasteiger partial charge in [-0.3, -0.25) is 9.59 Å². The summed E-state index contributed by atoms with van der Waals surface area (Å²) in [5.74, 6) is 0.590. The van der Waals surface area contributed by atoms with E-state index in [1.54, 1.807) is 40.0 Å². The van der Waals surface area contributed by atoms with Crippen LogP contribution in [0.5, 0.6) is 11.5 Å². The fraction of sp³-hybridized carbons (Fsp3) is 0.526. The number of rotatable bonds is 1. The third-order valence-electron chi connectivity index (χ3n) is 6.14. The molecule has 3 atom stereocenters. The largest absolute Gasteiger partial charge is 0.454 e. The van der Waals surface area contributed by atoms with E-state index in [4.69, 9.17) is 9.47 Å². The van der Waals surface area contributed by atoms with Crippen LogP contribution in [0.25, 0.3) is 0 Å². The minimum atomic E-state index is -1.40. The van der Waals surface area contributed by atoms with Crippen LogP contribution in [-0.4, -0.2) is 45.9 Å². The monoisotopic (exact) mass is 465 g/mol. The molecule has 28 heavy (non-hydrogen) atoms. The second-order valence-corrected chi connectivity index (χ2v) is 9.84. The number of ether oxygens (including phenoxy) is 2. The first-order chi connectivity index (χ1) is 13.0. The maximum atomic E-state index is 13.5. The molecule has 4 rings (SSSR count). The molecule has 1 aromatic carbocycles. The van der Waals surface area contributed by atoms with Gasteiger partial charge < -0.3 is 19.3 Å². The summed E-state index contributed by atoms with van der Waals surface area (Å²) in [7, 11) is 1.60. The van der Waals surface area contributed by atoms with Crippen LogP contribution in [0.2, 0.25) is 0 Å². The molecular weight excluding hydrogens is 446 g/mol. The maximum absolute atomic E-state index is 13.5. The standard InChI is InChI=1S/C19H20BrN3O4S/c1-17(2)15(24)23-14(10-5-12-13(6-11(10)20)27-9-26-12)18(3,8-21)7-19(23,28)16(25)22(17)4/h5-6,14,28H,7,9H2,1-4H3/t14-,18+,19-/m0/s1. The number of fused-ring (bicyclic) bond motifs is 2. The molecule has 0 radical (unpaired) electrons. The summed E-state index contributed by atoms with van der Waals surface area (Å²) in [6.07, 6.45) is 0.121. The number of halogens is 1. The number of nitriles is 1. The molecule has 3 heterocycles. The van der Waals surface area contributed by atoms with Crippen molar-refractivity contribution in [1.82, 2.24) is 9.80 Å². The third kappa shape index (κ3) is 2.28. The van der Waals surface area contributed by atoms with E-state index in [2.05, 4.69) is 34.6 Å². The van der Waals surface area contributed by atoms with Gasteiger partial charge in [-0.25, -0.2) is 0 Å². The fourth-order valence-electron chi connectivity index (χ4n) is 4.34. The summed E-state index contributed by atoms with van der Waals surface area (Å²) in [5.41, 5.74) is -1.39. The number of thiol groups is 1. The van der Waals surface area contributed by atoms with E-state index in [0.29, 0.717) is 21.5 Å². The average molecular weight is 466 g/mol. The van der Waals surface area contributed by atoms with Gasteiger partial charge in [0, 0.05) is 17.9 Å². The van der Waals surface area contributed by atoms with Crippen LogP contribution in [0, 0.1) is 16.7 Å². The number of nitrogens with zero attached hydrogens (tertiary/aromatic N) is 3. The Labute approximate surface area is 177 Å². The molecule has 2 saturated heterocycles. The van der Waals surface area contributed by atoms with Crippen molar-refractivity contribution in [2.75, 3.05) is 13.8 Å². The van der Waals surface area contributed by atoms with Gasteiger partial charge in [0.2, 0.25) is 12.7 Å². The Kier molecular flexibility index (Phi) is 4.02. The van der Waals surface area contributed by atoms with E-state index in [1.165, 1.54) is 9.80 Å². The van der Waals surface area contributed by atoms with Crippen LogP contribution in [0.15, 0.2) is 16.6 Å². The van der Waals surface area contributed by atoms with E-state index in [1.807, 2.05) is 0 Å². The number of amides is 2. The van der Waals surface area contributed by atoms with Crippen LogP contribution in [0.3, 0.4) is 0 Å². The van der Waals surface area contributed by atoms with Crippen molar-refractivity contribution in [3.05, 3.63) is 22.2 Å². The van der Waals surface area contributed by atoms with Gasteiger partial charge in [-0.1, -0.05) is 15.9 Å². The van der Waals surface area contributed by atoms with Gasteiger partial charge in [-0.05, 0) is 38.5 Å². The first-order valence-corrected chi connectivity index (χ1v) is 10.1. The molecule has 0 unspecified atom stereocenters. The molecule has 9 heteroatoms. The normalized spacial score (nSPS) is 33.1. The fourth-order valence-corrected chi connectivity index (χ4v) is 5.57. The number of benzene rings is 1. The SMILES string of the molecule is CN1C(=O)[C@@]2(S)C[C@](C)(C#N)[C@H](c3cc4c(cc3Br)OCO4)N2C(=O)C1(C)C. The topological polar surface area (TPSA) is 82.9 Å². The molecule has 3 aliphatic heterocycles. The maximum Gasteiger partial charge on any atom is 0.259 e. The highest BCUT2D eigenvalue weighted by Crippen LogP contribution is 2.60. The highest BCUT2D eigenvalue weighted by atomic mass is 79.9. The third-order valence-corrected chi connectivity index (χ3v) is 7.40. The number of hydrogen-bond donors (Lipinski definition) is 1. The molecule has 148 valence electrons. The van der Waals surface area contributed by atoms with Crippen LogP contribution in [0.1, 0.15) is 38.8 Å². The van der Waals surface area contributed by atoms with Crippen LogP contribution in [-0.2, 0) is 9.59 Å². The second-order valence-electron chi connectivity index (χ2n) is 8.25. The van der Waals surface area contributed by atoms with E-state index < -0.39 is 21.9 Å². The van der Waals surface area contributed by atoms with Gasteiger partial charge in [0.05, 0.1) is 17.5 Å². The molecular formula is C19H20BrN3O4S. The highest BCUT2D eigenvalue weighted by Gasteiger charge is 2.68. The molecule has 0 N–H and O–H groups in total. The molecule has 0 bridgehead atoms. The minimum Gasteiger partial charge on any atom is -0.454 e. The zero-order valence-corrected chi connectivity index (χ0v) is 18.4. The predicted molar refractivity (Wildman–Crippen MR) is 107 cm³/mol. The first-order valence-electron chi connectivity index (χ1n) is 8.82. The molecule has 2 fully saturated rings. The lowest BCUT2D eigenvalue weighted by Gasteiger charge is -2.51. The van der Waals surface area contributed by atoms with Gasteiger partial charge in [-0.2, -0.15) is 5.26 Å². The summed E-state index contributed by atoms with van der Waals surface area (Å²) < 4.78 is 11.6. The number of likely N-dealkylation sites (N-methyl/N-ethyl adjacent to an activating group) is 1. The summed E-state index contributed by atoms with van der Waals surface area (Å²) in [5, 5.41) is 10.1. The Morgan fingerprint density at radius 3 is 2.43 bits per heavy atom. The molecule has 7 nitrogen and oxygen atoms in total. The van der Waals surface area contributed by atoms with Gasteiger partial charge in [0.25, 0.3) is 5.91 Å². The van der Waals surface area contributed by atoms with E-state index in [-0.39, 0.29) is 25.0 Å². The van der Waals surface area contributed by atoms with Crippen molar-refractivity contribution < 1.29 is 19.1 Å². The van der Waals surface area contributed by atoms with Crippen molar-refractivity contribution >= 4 is 40.4 Å². The van der Waals surface area contributed by atoms with Gasteiger partial charge in [0.1, 0.15) is 5.54 Å². The molecule has 1 aromatic rings. The van der Waals surface area contributed by atoms with Crippen LogP contribution < -0.4 is 9.47 Å². The summed E-state index contributed by atoms with van der Waals surface area (Å²) >= 11 is 8.23. The Hall–Kier alpha value is -1.92. The summed E-state index contributed by atoms with van der Waals surface area (Å²) in [4.78, 5) is 28.3.